The van der Waals surface area contributed by atoms with Crippen LogP contribution in [0.15, 0.2) is 59.4 Å². The lowest BCUT2D eigenvalue weighted by Gasteiger charge is -2.18. The molecule has 0 aliphatic rings. The van der Waals surface area contributed by atoms with Gasteiger partial charge in [0.05, 0.1) is 17.1 Å². The predicted molar refractivity (Wildman–Crippen MR) is 120 cm³/mol. The Bertz CT molecular complexity index is 1310. The van der Waals surface area contributed by atoms with Crippen molar-refractivity contribution in [2.75, 3.05) is 5.32 Å². The van der Waals surface area contributed by atoms with Crippen LogP contribution in [0.4, 0.5) is 5.69 Å². The third-order valence-electron chi connectivity index (χ3n) is 5.13. The number of carboxylic acids is 1. The van der Waals surface area contributed by atoms with Crippen LogP contribution >= 0.6 is 11.3 Å². The largest absolute Gasteiger partial charge is 0.478 e. The molecular weight excluding hydrogens is 398 g/mol. The highest BCUT2D eigenvalue weighted by Gasteiger charge is 2.22. The number of rotatable bonds is 5. The Kier molecular flexibility index (Phi) is 5.13. The van der Waals surface area contributed by atoms with Crippen LogP contribution < -0.4 is 10.9 Å². The molecule has 6 nitrogen and oxygen atoms in total. The number of aromatic carboxylic acids is 1. The fourth-order valence-electron chi connectivity index (χ4n) is 3.69. The summed E-state index contributed by atoms with van der Waals surface area (Å²) in [5.74, 6) is -0.388. The highest BCUT2D eigenvalue weighted by atomic mass is 32.1. The summed E-state index contributed by atoms with van der Waals surface area (Å²) < 4.78 is 2.18. The molecule has 0 saturated heterocycles. The summed E-state index contributed by atoms with van der Waals surface area (Å²) >= 11 is 1.42. The zero-order valence-electron chi connectivity index (χ0n) is 16.8. The maximum atomic E-state index is 13.0. The van der Waals surface area contributed by atoms with Crippen molar-refractivity contribution < 1.29 is 9.90 Å². The number of hydrogen-bond acceptors (Lipinski definition) is 5. The monoisotopic (exact) mass is 419 g/mol. The van der Waals surface area contributed by atoms with Gasteiger partial charge in [0.15, 0.2) is 0 Å². The number of nitrogens with zero attached hydrogens (tertiary/aromatic N) is 2. The summed E-state index contributed by atoms with van der Waals surface area (Å²) in [6.45, 7) is 3.92. The van der Waals surface area contributed by atoms with Crippen molar-refractivity contribution in [1.82, 2.24) is 9.55 Å². The predicted octanol–water partition coefficient (Wildman–Crippen LogP) is 4.84. The summed E-state index contributed by atoms with van der Waals surface area (Å²) in [7, 11) is 1.73. The Hall–Kier alpha value is -3.45. The summed E-state index contributed by atoms with van der Waals surface area (Å²) in [4.78, 5) is 30.4. The third kappa shape index (κ3) is 3.37. The fraction of sp³-hybridized carbons (Fsp3) is 0.174. The lowest BCUT2D eigenvalue weighted by Crippen LogP contribution is -2.20. The smallest absolute Gasteiger partial charge is 0.337 e. The second-order valence-corrected chi connectivity index (χ2v) is 8.36. The van der Waals surface area contributed by atoms with Crippen LogP contribution in [-0.2, 0) is 7.05 Å². The van der Waals surface area contributed by atoms with Crippen molar-refractivity contribution in [2.24, 2.45) is 7.05 Å². The SMILES string of the molecule is Cc1sc2c(=O)n(C)c(-c3ccccc3)nc2c1C(C)Nc1ccccc1C(=O)O. The van der Waals surface area contributed by atoms with E-state index in [0.29, 0.717) is 21.7 Å². The van der Waals surface area contributed by atoms with E-state index in [1.807, 2.05) is 44.2 Å². The van der Waals surface area contributed by atoms with Gasteiger partial charge in [0, 0.05) is 28.7 Å². The Morgan fingerprint density at radius 1 is 1.13 bits per heavy atom. The lowest BCUT2D eigenvalue weighted by molar-refractivity contribution is 0.0698. The van der Waals surface area contributed by atoms with Crippen molar-refractivity contribution >= 4 is 33.2 Å². The molecular formula is C23H21N3O3S. The van der Waals surface area contributed by atoms with E-state index in [1.165, 1.54) is 11.3 Å². The van der Waals surface area contributed by atoms with Gasteiger partial charge < -0.3 is 10.4 Å². The first kappa shape index (κ1) is 19.8. The van der Waals surface area contributed by atoms with E-state index in [1.54, 1.807) is 35.9 Å². The van der Waals surface area contributed by atoms with Gasteiger partial charge in [-0.1, -0.05) is 42.5 Å². The summed E-state index contributed by atoms with van der Waals surface area (Å²) in [6.07, 6.45) is 0. The van der Waals surface area contributed by atoms with Crippen LogP contribution in [0.2, 0.25) is 0 Å². The van der Waals surface area contributed by atoms with Crippen LogP contribution in [0, 0.1) is 6.92 Å². The highest BCUT2D eigenvalue weighted by molar-refractivity contribution is 7.19. The summed E-state index contributed by atoms with van der Waals surface area (Å²) in [6, 6.07) is 16.2. The zero-order chi connectivity index (χ0) is 21.4. The second kappa shape index (κ2) is 7.76. The van der Waals surface area contributed by atoms with Crippen LogP contribution in [0.25, 0.3) is 21.6 Å². The number of thiophene rings is 1. The molecule has 7 heteroatoms. The van der Waals surface area contributed by atoms with E-state index in [2.05, 4.69) is 5.32 Å². The number of carbonyl (C=O) groups is 1. The highest BCUT2D eigenvalue weighted by Crippen LogP contribution is 2.35. The number of aryl methyl sites for hydroxylation is 1. The van der Waals surface area contributed by atoms with Gasteiger partial charge in [-0.2, -0.15) is 0 Å². The van der Waals surface area contributed by atoms with Crippen molar-refractivity contribution in [3.63, 3.8) is 0 Å². The Morgan fingerprint density at radius 2 is 1.80 bits per heavy atom. The average molecular weight is 420 g/mol. The number of aromatic nitrogens is 2. The van der Waals surface area contributed by atoms with E-state index in [-0.39, 0.29) is 17.2 Å². The minimum atomic E-state index is -0.990. The normalized spacial score (nSPS) is 12.1. The van der Waals surface area contributed by atoms with Gasteiger partial charge >= 0.3 is 5.97 Å². The number of anilines is 1. The number of carboxylic acid groups (broad SMARTS) is 1. The zero-order valence-corrected chi connectivity index (χ0v) is 17.7. The fourth-order valence-corrected chi connectivity index (χ4v) is 4.85. The van der Waals surface area contributed by atoms with Gasteiger partial charge in [-0.3, -0.25) is 9.36 Å². The lowest BCUT2D eigenvalue weighted by atomic mass is 10.1. The van der Waals surface area contributed by atoms with Crippen molar-refractivity contribution in [2.45, 2.75) is 19.9 Å². The molecule has 0 saturated carbocycles. The Labute approximate surface area is 177 Å². The first-order chi connectivity index (χ1) is 14.4. The molecule has 1 atom stereocenters. The molecule has 0 aliphatic heterocycles. The number of fused-ring (bicyclic) bond motifs is 1. The van der Waals surface area contributed by atoms with Crippen LogP contribution in [0.1, 0.15) is 33.8 Å². The number of nitrogens with one attached hydrogen (secondary N) is 1. The van der Waals surface area contributed by atoms with Crippen molar-refractivity contribution in [1.29, 1.82) is 0 Å². The van der Waals surface area contributed by atoms with Crippen LogP contribution in [-0.4, -0.2) is 20.6 Å². The molecule has 2 heterocycles. The molecule has 30 heavy (non-hydrogen) atoms. The molecule has 152 valence electrons. The van der Waals surface area contributed by atoms with Gasteiger partial charge in [-0.25, -0.2) is 9.78 Å². The van der Waals surface area contributed by atoms with Crippen molar-refractivity contribution in [3.05, 3.63) is 81.0 Å². The molecule has 2 N–H and O–H groups in total. The molecule has 0 radical (unpaired) electrons. The quantitative estimate of drug-likeness (QED) is 0.483. The second-order valence-electron chi connectivity index (χ2n) is 7.13. The maximum Gasteiger partial charge on any atom is 0.337 e. The van der Waals surface area contributed by atoms with E-state index in [9.17, 15) is 14.7 Å². The molecule has 2 aromatic heterocycles. The Morgan fingerprint density at radius 3 is 2.50 bits per heavy atom. The van der Waals surface area contributed by atoms with Crippen LogP contribution in [0.3, 0.4) is 0 Å². The first-order valence-corrected chi connectivity index (χ1v) is 10.3. The van der Waals surface area contributed by atoms with Crippen molar-refractivity contribution in [3.8, 4) is 11.4 Å². The number of para-hydroxylation sites is 1. The standard InChI is InChI=1S/C23H21N3O3S/c1-13(24-17-12-8-7-11-16(17)23(28)29)18-14(2)30-20-19(18)25-21(26(3)22(20)27)15-9-5-4-6-10-15/h4-13,24H,1-3H3,(H,28,29). The van der Waals surface area contributed by atoms with Gasteiger partial charge in [-0.15, -0.1) is 11.3 Å². The minimum Gasteiger partial charge on any atom is -0.478 e. The molecule has 1 unspecified atom stereocenters. The van der Waals surface area contributed by atoms with E-state index >= 15 is 0 Å². The molecule has 0 fully saturated rings. The molecule has 4 aromatic rings. The summed E-state index contributed by atoms with van der Waals surface area (Å²) in [5, 5.41) is 12.8. The molecule has 0 bridgehead atoms. The maximum absolute atomic E-state index is 13.0. The van der Waals surface area contributed by atoms with Gasteiger partial charge in [0.2, 0.25) is 0 Å². The molecule has 2 aromatic carbocycles. The minimum absolute atomic E-state index is 0.0867. The average Bonchev–Trinajstić information content (AvgIpc) is 3.07. The third-order valence-corrected chi connectivity index (χ3v) is 6.23. The number of benzene rings is 2. The molecule has 4 rings (SSSR count). The van der Waals surface area contributed by atoms with E-state index in [4.69, 9.17) is 4.98 Å². The van der Waals surface area contributed by atoms with E-state index < -0.39 is 5.97 Å². The van der Waals surface area contributed by atoms with Gasteiger partial charge in [0.25, 0.3) is 5.56 Å². The molecule has 0 amide bonds. The topological polar surface area (TPSA) is 84.2 Å². The molecule has 0 aliphatic carbocycles. The Balaban J connectivity index is 1.86. The van der Waals surface area contributed by atoms with E-state index in [0.717, 1.165) is 16.0 Å². The first-order valence-electron chi connectivity index (χ1n) is 9.52. The molecule has 0 spiro atoms. The van der Waals surface area contributed by atoms with Gasteiger partial charge in [-0.05, 0) is 26.0 Å². The summed E-state index contributed by atoms with van der Waals surface area (Å²) in [5.41, 5.74) is 3.08. The number of hydrogen-bond donors (Lipinski definition) is 2. The van der Waals surface area contributed by atoms with Crippen LogP contribution in [0.5, 0.6) is 0 Å². The van der Waals surface area contributed by atoms with Gasteiger partial charge in [0.1, 0.15) is 10.5 Å².